The summed E-state index contributed by atoms with van der Waals surface area (Å²) in [6.45, 7) is 4.21. The Morgan fingerprint density at radius 3 is 3.00 bits per heavy atom. The van der Waals surface area contributed by atoms with Crippen LogP contribution in [0.15, 0.2) is 27.7 Å². The van der Waals surface area contributed by atoms with Crippen LogP contribution in [0.1, 0.15) is 75.1 Å². The molecular formula is C25H34N4O5. The van der Waals surface area contributed by atoms with Crippen molar-refractivity contribution in [2.75, 3.05) is 26.5 Å². The zero-order chi connectivity index (χ0) is 23.6. The Morgan fingerprint density at radius 1 is 1.18 bits per heavy atom. The van der Waals surface area contributed by atoms with Crippen molar-refractivity contribution in [3.63, 3.8) is 0 Å². The fourth-order valence-corrected chi connectivity index (χ4v) is 4.24. The Balaban J connectivity index is 1.29. The quantitative estimate of drug-likeness (QED) is 0.388. The number of hydrogen-bond donors (Lipinski definition) is 1. The van der Waals surface area contributed by atoms with Crippen LogP contribution in [0, 0.1) is 0 Å². The second-order valence-corrected chi connectivity index (χ2v) is 8.65. The summed E-state index contributed by atoms with van der Waals surface area (Å²) in [7, 11) is 0. The van der Waals surface area contributed by atoms with Crippen LogP contribution < -0.4 is 14.8 Å². The van der Waals surface area contributed by atoms with E-state index in [9.17, 15) is 4.79 Å². The van der Waals surface area contributed by atoms with E-state index in [1.54, 1.807) is 6.92 Å². The van der Waals surface area contributed by atoms with Crippen molar-refractivity contribution < 1.29 is 23.5 Å². The molecule has 2 aromatic rings. The summed E-state index contributed by atoms with van der Waals surface area (Å²) in [6.07, 6.45) is 8.16. The van der Waals surface area contributed by atoms with Gasteiger partial charge in [-0.2, -0.15) is 4.98 Å². The molecule has 0 saturated heterocycles. The molecule has 9 heteroatoms. The third-order valence-electron chi connectivity index (χ3n) is 6.05. The summed E-state index contributed by atoms with van der Waals surface area (Å²) < 4.78 is 21.6. The van der Waals surface area contributed by atoms with Crippen LogP contribution in [0.4, 0.5) is 0 Å². The molecule has 1 unspecified atom stereocenters. The molecule has 2 aliphatic heterocycles. The van der Waals surface area contributed by atoms with E-state index in [1.807, 2.05) is 18.2 Å². The molecule has 0 fully saturated rings. The topological polar surface area (TPSA) is 108 Å². The maximum absolute atomic E-state index is 12.2. The Hall–Kier alpha value is -3.10. The number of fused-ring (bicyclic) bond motifs is 1. The van der Waals surface area contributed by atoms with Crippen LogP contribution in [-0.4, -0.2) is 48.4 Å². The number of rotatable bonds is 11. The van der Waals surface area contributed by atoms with Gasteiger partial charge in [-0.1, -0.05) is 17.6 Å². The van der Waals surface area contributed by atoms with Gasteiger partial charge in [0.05, 0.1) is 18.9 Å². The number of nitrogens with one attached hydrogen (secondary N) is 1. The number of esters is 1. The SMILES string of the molecule is CCOC(=O)CC(Cc1nc(CCCCNC2=NCCCCC2)no1)c1ccc2c(c1)OCO2. The molecule has 0 radical (unpaired) electrons. The summed E-state index contributed by atoms with van der Waals surface area (Å²) in [5.74, 6) is 3.34. The number of unbranched alkanes of at least 4 members (excludes halogenated alkanes) is 1. The molecule has 0 bridgehead atoms. The van der Waals surface area contributed by atoms with Crippen molar-refractivity contribution >= 4 is 11.8 Å². The maximum atomic E-state index is 12.2. The fourth-order valence-electron chi connectivity index (χ4n) is 4.24. The van der Waals surface area contributed by atoms with Gasteiger partial charge in [-0.15, -0.1) is 0 Å². The van der Waals surface area contributed by atoms with E-state index in [0.29, 0.717) is 36.2 Å². The van der Waals surface area contributed by atoms with E-state index < -0.39 is 0 Å². The Kier molecular flexibility index (Phi) is 8.76. The van der Waals surface area contributed by atoms with Gasteiger partial charge in [-0.3, -0.25) is 9.79 Å². The van der Waals surface area contributed by atoms with E-state index in [2.05, 4.69) is 20.4 Å². The van der Waals surface area contributed by atoms with Gasteiger partial charge in [0.1, 0.15) is 0 Å². The van der Waals surface area contributed by atoms with Crippen molar-refractivity contribution in [2.24, 2.45) is 4.99 Å². The molecule has 1 aromatic carbocycles. The molecule has 0 amide bonds. The molecule has 34 heavy (non-hydrogen) atoms. The van der Waals surface area contributed by atoms with Crippen LogP contribution in [-0.2, 0) is 22.4 Å². The summed E-state index contributed by atoms with van der Waals surface area (Å²) >= 11 is 0. The van der Waals surface area contributed by atoms with Crippen molar-refractivity contribution in [1.29, 1.82) is 0 Å². The van der Waals surface area contributed by atoms with Gasteiger partial charge >= 0.3 is 5.97 Å². The molecule has 0 aliphatic carbocycles. The Labute approximate surface area is 200 Å². The molecule has 9 nitrogen and oxygen atoms in total. The number of hydrogen-bond acceptors (Lipinski definition) is 9. The standard InChI is InChI=1S/C25H34N4O5/c1-2-31-25(30)16-19(18-10-11-20-21(14-18)33-17-32-20)15-24-28-23(29-34-24)9-5-7-13-27-22-8-4-3-6-12-26-22/h10-11,14,19H,2-9,12-13,15-17H2,1H3,(H,26,27). The lowest BCUT2D eigenvalue weighted by Crippen LogP contribution is -2.24. The predicted molar refractivity (Wildman–Crippen MR) is 126 cm³/mol. The van der Waals surface area contributed by atoms with Crippen molar-refractivity contribution in [3.05, 3.63) is 35.5 Å². The fraction of sp³-hybridized carbons (Fsp3) is 0.600. The monoisotopic (exact) mass is 470 g/mol. The normalized spacial score (nSPS) is 16.0. The largest absolute Gasteiger partial charge is 0.466 e. The zero-order valence-corrected chi connectivity index (χ0v) is 19.9. The number of ether oxygens (including phenoxy) is 3. The van der Waals surface area contributed by atoms with Crippen molar-refractivity contribution in [3.8, 4) is 11.5 Å². The third-order valence-corrected chi connectivity index (χ3v) is 6.05. The van der Waals surface area contributed by atoms with Crippen LogP contribution in [0.3, 0.4) is 0 Å². The Morgan fingerprint density at radius 2 is 2.09 bits per heavy atom. The minimum absolute atomic E-state index is 0.161. The second kappa shape index (κ2) is 12.4. The first-order chi connectivity index (χ1) is 16.7. The highest BCUT2D eigenvalue weighted by Gasteiger charge is 2.23. The van der Waals surface area contributed by atoms with Crippen LogP contribution in [0.2, 0.25) is 0 Å². The summed E-state index contributed by atoms with van der Waals surface area (Å²) in [4.78, 5) is 21.4. The first-order valence-electron chi connectivity index (χ1n) is 12.3. The molecule has 1 atom stereocenters. The van der Waals surface area contributed by atoms with Gasteiger partial charge in [-0.05, 0) is 50.3 Å². The lowest BCUT2D eigenvalue weighted by molar-refractivity contribution is -0.143. The molecule has 2 aliphatic rings. The first-order valence-corrected chi connectivity index (χ1v) is 12.3. The highest BCUT2D eigenvalue weighted by molar-refractivity contribution is 5.82. The molecule has 1 aromatic heterocycles. The van der Waals surface area contributed by atoms with E-state index >= 15 is 0 Å². The number of amidine groups is 1. The van der Waals surface area contributed by atoms with Gasteiger partial charge in [0.15, 0.2) is 17.3 Å². The molecule has 3 heterocycles. The number of aromatic nitrogens is 2. The van der Waals surface area contributed by atoms with E-state index in [0.717, 1.165) is 50.2 Å². The number of nitrogens with zero attached hydrogens (tertiary/aromatic N) is 3. The molecule has 4 rings (SSSR count). The second-order valence-electron chi connectivity index (χ2n) is 8.65. The Bertz CT molecular complexity index is 974. The average Bonchev–Trinajstić information content (AvgIpc) is 3.41. The molecule has 184 valence electrons. The van der Waals surface area contributed by atoms with E-state index in [1.165, 1.54) is 19.3 Å². The van der Waals surface area contributed by atoms with Crippen LogP contribution in [0.25, 0.3) is 0 Å². The number of carbonyl (C=O) groups excluding carboxylic acids is 1. The lowest BCUT2D eigenvalue weighted by Gasteiger charge is -2.15. The molecule has 0 saturated carbocycles. The van der Waals surface area contributed by atoms with Gasteiger partial charge in [0.2, 0.25) is 12.7 Å². The zero-order valence-electron chi connectivity index (χ0n) is 19.9. The smallest absolute Gasteiger partial charge is 0.306 e. The number of aliphatic imine (C=N–C) groups is 1. The van der Waals surface area contributed by atoms with E-state index in [4.69, 9.17) is 18.7 Å². The predicted octanol–water partition coefficient (Wildman–Crippen LogP) is 3.96. The highest BCUT2D eigenvalue weighted by atomic mass is 16.7. The van der Waals surface area contributed by atoms with Gasteiger partial charge < -0.3 is 24.1 Å². The lowest BCUT2D eigenvalue weighted by atomic mass is 9.92. The highest BCUT2D eigenvalue weighted by Crippen LogP contribution is 2.36. The third kappa shape index (κ3) is 6.95. The average molecular weight is 471 g/mol. The van der Waals surface area contributed by atoms with Crippen molar-refractivity contribution in [2.45, 2.75) is 70.6 Å². The van der Waals surface area contributed by atoms with Gasteiger partial charge in [0.25, 0.3) is 0 Å². The summed E-state index contributed by atoms with van der Waals surface area (Å²) in [5.41, 5.74) is 0.949. The molecule has 0 spiro atoms. The number of benzene rings is 1. The summed E-state index contributed by atoms with van der Waals surface area (Å²) in [5, 5.41) is 7.61. The minimum atomic E-state index is -0.254. The van der Waals surface area contributed by atoms with E-state index in [-0.39, 0.29) is 25.1 Å². The van der Waals surface area contributed by atoms with Gasteiger partial charge in [0, 0.05) is 38.3 Å². The van der Waals surface area contributed by atoms with Crippen LogP contribution >= 0.6 is 0 Å². The first kappa shape index (κ1) is 24.0. The van der Waals surface area contributed by atoms with Crippen molar-refractivity contribution in [1.82, 2.24) is 15.5 Å². The molecular weight excluding hydrogens is 436 g/mol. The summed E-state index contributed by atoms with van der Waals surface area (Å²) in [6, 6.07) is 5.72. The number of carbonyl (C=O) groups is 1. The maximum Gasteiger partial charge on any atom is 0.306 e. The molecule has 1 N–H and O–H groups in total. The van der Waals surface area contributed by atoms with Gasteiger partial charge in [-0.25, -0.2) is 0 Å². The number of aryl methyl sites for hydroxylation is 1. The minimum Gasteiger partial charge on any atom is -0.466 e. The van der Waals surface area contributed by atoms with Crippen LogP contribution in [0.5, 0.6) is 11.5 Å².